The quantitative estimate of drug-likeness (QED) is 0.379. The molecular weight excluding hydrogens is 429 g/mol. The number of hydrogen-bond donors (Lipinski definition) is 3. The molecule has 0 aliphatic carbocycles. The third-order valence-electron chi connectivity index (χ3n) is 3.41. The first kappa shape index (κ1) is 17.6. The van der Waals surface area contributed by atoms with Crippen LogP contribution in [0.4, 0.5) is 17.5 Å². The van der Waals surface area contributed by atoms with Gasteiger partial charge in [0, 0.05) is 29.0 Å². The van der Waals surface area contributed by atoms with Crippen molar-refractivity contribution in [3.63, 3.8) is 0 Å². The first-order chi connectivity index (χ1) is 12.3. The molecule has 0 unspecified atom stereocenters. The van der Waals surface area contributed by atoms with Crippen molar-refractivity contribution in [1.82, 2.24) is 15.0 Å². The van der Waals surface area contributed by atoms with E-state index in [0.717, 1.165) is 20.6 Å². The van der Waals surface area contributed by atoms with Crippen molar-refractivity contribution in [1.29, 1.82) is 0 Å². The van der Waals surface area contributed by atoms with E-state index < -0.39 is 0 Å². The lowest BCUT2D eigenvalue weighted by molar-refractivity contribution is 0.292. The molecule has 128 valence electrons. The van der Waals surface area contributed by atoms with Crippen molar-refractivity contribution >= 4 is 40.0 Å². The van der Waals surface area contributed by atoms with Gasteiger partial charge in [-0.25, -0.2) is 4.98 Å². The van der Waals surface area contributed by atoms with E-state index in [-0.39, 0.29) is 6.61 Å². The van der Waals surface area contributed by atoms with E-state index in [9.17, 15) is 0 Å². The standard InChI is InChI=1S/C18H18IN5O/c19-13-6-1-2-7-14(13)22-17-12-16(15-8-3-4-9-20-15)23-18(24-17)21-10-5-11-25/h1-4,6-9,12,25H,5,10-11H2,(H2,21,22,23,24). The number of pyridine rings is 1. The Labute approximate surface area is 159 Å². The number of benzene rings is 1. The maximum atomic E-state index is 8.95. The van der Waals surface area contributed by atoms with Gasteiger partial charge in [-0.3, -0.25) is 4.98 Å². The van der Waals surface area contributed by atoms with Crippen LogP contribution in [0.25, 0.3) is 11.4 Å². The van der Waals surface area contributed by atoms with Gasteiger partial charge in [-0.05, 0) is 53.3 Å². The van der Waals surface area contributed by atoms with Crippen LogP contribution < -0.4 is 10.6 Å². The fourth-order valence-electron chi connectivity index (χ4n) is 2.22. The molecule has 0 amide bonds. The molecule has 0 bridgehead atoms. The summed E-state index contributed by atoms with van der Waals surface area (Å²) in [5.74, 6) is 1.19. The number of nitrogens with one attached hydrogen (secondary N) is 2. The lowest BCUT2D eigenvalue weighted by Gasteiger charge is -2.12. The SMILES string of the molecule is OCCCNc1nc(Nc2ccccc2I)cc(-c2ccccn2)n1. The summed E-state index contributed by atoms with van der Waals surface area (Å²) in [6.07, 6.45) is 2.38. The van der Waals surface area contributed by atoms with Crippen molar-refractivity contribution in [3.05, 3.63) is 58.3 Å². The Hall–Kier alpha value is -2.26. The largest absolute Gasteiger partial charge is 0.396 e. The van der Waals surface area contributed by atoms with Crippen molar-refractivity contribution in [2.24, 2.45) is 0 Å². The minimum absolute atomic E-state index is 0.125. The first-order valence-electron chi connectivity index (χ1n) is 7.93. The van der Waals surface area contributed by atoms with Crippen LogP contribution in [0.15, 0.2) is 54.7 Å². The number of nitrogens with zero attached hydrogens (tertiary/aromatic N) is 3. The van der Waals surface area contributed by atoms with Crippen LogP contribution >= 0.6 is 22.6 Å². The zero-order valence-corrected chi connectivity index (χ0v) is 15.6. The maximum absolute atomic E-state index is 8.95. The summed E-state index contributed by atoms with van der Waals surface area (Å²) in [6.45, 7) is 0.727. The van der Waals surface area contributed by atoms with Crippen LogP contribution in [0.3, 0.4) is 0 Å². The molecule has 3 N–H and O–H groups in total. The molecule has 2 heterocycles. The fourth-order valence-corrected chi connectivity index (χ4v) is 2.74. The smallest absolute Gasteiger partial charge is 0.225 e. The summed E-state index contributed by atoms with van der Waals surface area (Å²) in [7, 11) is 0. The zero-order chi connectivity index (χ0) is 17.5. The average Bonchev–Trinajstić information content (AvgIpc) is 2.64. The lowest BCUT2D eigenvalue weighted by atomic mass is 10.2. The second-order valence-electron chi connectivity index (χ2n) is 5.29. The Kier molecular flexibility index (Phi) is 6.13. The predicted molar refractivity (Wildman–Crippen MR) is 108 cm³/mol. The Morgan fingerprint density at radius 2 is 1.84 bits per heavy atom. The van der Waals surface area contributed by atoms with Crippen LogP contribution in [-0.4, -0.2) is 33.2 Å². The summed E-state index contributed by atoms with van der Waals surface area (Å²) in [5.41, 5.74) is 2.49. The van der Waals surface area contributed by atoms with Gasteiger partial charge in [0.05, 0.1) is 17.1 Å². The highest BCUT2D eigenvalue weighted by molar-refractivity contribution is 14.1. The van der Waals surface area contributed by atoms with E-state index in [1.807, 2.05) is 48.5 Å². The topological polar surface area (TPSA) is 83.0 Å². The highest BCUT2D eigenvalue weighted by Crippen LogP contribution is 2.25. The van der Waals surface area contributed by atoms with Crippen molar-refractivity contribution in [3.8, 4) is 11.4 Å². The van der Waals surface area contributed by atoms with E-state index in [4.69, 9.17) is 5.11 Å². The van der Waals surface area contributed by atoms with Crippen molar-refractivity contribution in [2.75, 3.05) is 23.8 Å². The molecule has 6 nitrogen and oxygen atoms in total. The number of hydrogen-bond acceptors (Lipinski definition) is 6. The monoisotopic (exact) mass is 447 g/mol. The van der Waals surface area contributed by atoms with Gasteiger partial charge in [-0.2, -0.15) is 4.98 Å². The second-order valence-corrected chi connectivity index (χ2v) is 6.45. The predicted octanol–water partition coefficient (Wildman–Crippen LogP) is 3.68. The average molecular weight is 447 g/mol. The summed E-state index contributed by atoms with van der Waals surface area (Å²) in [5, 5.41) is 15.4. The molecule has 0 atom stereocenters. The van der Waals surface area contributed by atoms with E-state index in [2.05, 4.69) is 48.2 Å². The summed E-state index contributed by atoms with van der Waals surface area (Å²) < 4.78 is 1.10. The molecule has 7 heteroatoms. The van der Waals surface area contributed by atoms with Gasteiger partial charge in [0.25, 0.3) is 0 Å². The van der Waals surface area contributed by atoms with Crippen LogP contribution in [0.1, 0.15) is 6.42 Å². The molecular formula is C18H18IN5O. The molecule has 25 heavy (non-hydrogen) atoms. The molecule has 0 spiro atoms. The summed E-state index contributed by atoms with van der Waals surface area (Å²) in [6, 6.07) is 15.6. The number of para-hydroxylation sites is 1. The van der Waals surface area contributed by atoms with Crippen LogP contribution in [0.2, 0.25) is 0 Å². The molecule has 0 radical (unpaired) electrons. The normalized spacial score (nSPS) is 10.5. The number of anilines is 3. The highest BCUT2D eigenvalue weighted by atomic mass is 127. The molecule has 0 saturated carbocycles. The Morgan fingerprint density at radius 3 is 2.60 bits per heavy atom. The van der Waals surface area contributed by atoms with Crippen molar-refractivity contribution in [2.45, 2.75) is 6.42 Å². The molecule has 0 fully saturated rings. The van der Waals surface area contributed by atoms with Gasteiger partial charge in [-0.1, -0.05) is 18.2 Å². The highest BCUT2D eigenvalue weighted by Gasteiger charge is 2.09. The van der Waals surface area contributed by atoms with E-state index in [0.29, 0.717) is 24.7 Å². The molecule has 2 aromatic heterocycles. The zero-order valence-electron chi connectivity index (χ0n) is 13.5. The van der Waals surface area contributed by atoms with Gasteiger partial charge in [0.15, 0.2) is 0 Å². The Morgan fingerprint density at radius 1 is 1.00 bits per heavy atom. The third-order valence-corrected chi connectivity index (χ3v) is 4.35. The third kappa shape index (κ3) is 4.86. The minimum Gasteiger partial charge on any atom is -0.396 e. The molecule has 0 saturated heterocycles. The molecule has 1 aromatic carbocycles. The van der Waals surface area contributed by atoms with E-state index in [1.165, 1.54) is 0 Å². The number of aromatic nitrogens is 3. The Balaban J connectivity index is 1.93. The first-order valence-corrected chi connectivity index (χ1v) is 9.01. The molecule has 0 aliphatic rings. The number of aliphatic hydroxyl groups excluding tert-OH is 1. The molecule has 3 rings (SSSR count). The van der Waals surface area contributed by atoms with Gasteiger partial charge in [0.2, 0.25) is 5.95 Å². The van der Waals surface area contributed by atoms with Crippen LogP contribution in [-0.2, 0) is 0 Å². The van der Waals surface area contributed by atoms with Crippen LogP contribution in [0, 0.1) is 3.57 Å². The number of aliphatic hydroxyl groups is 1. The molecule has 3 aromatic rings. The number of rotatable bonds is 7. The second kappa shape index (κ2) is 8.72. The van der Waals surface area contributed by atoms with Gasteiger partial charge in [0.1, 0.15) is 5.82 Å². The van der Waals surface area contributed by atoms with Gasteiger partial charge < -0.3 is 15.7 Å². The maximum Gasteiger partial charge on any atom is 0.225 e. The van der Waals surface area contributed by atoms with Gasteiger partial charge >= 0.3 is 0 Å². The summed E-state index contributed by atoms with van der Waals surface area (Å²) >= 11 is 2.28. The van der Waals surface area contributed by atoms with E-state index >= 15 is 0 Å². The minimum atomic E-state index is 0.125. The van der Waals surface area contributed by atoms with E-state index in [1.54, 1.807) is 6.20 Å². The van der Waals surface area contributed by atoms with Gasteiger partial charge in [-0.15, -0.1) is 0 Å². The summed E-state index contributed by atoms with van der Waals surface area (Å²) in [4.78, 5) is 13.4. The van der Waals surface area contributed by atoms with Crippen molar-refractivity contribution < 1.29 is 5.11 Å². The molecule has 0 aliphatic heterocycles. The lowest BCUT2D eigenvalue weighted by Crippen LogP contribution is -2.09. The fraction of sp³-hybridized carbons (Fsp3) is 0.167. The van der Waals surface area contributed by atoms with Crippen LogP contribution in [0.5, 0.6) is 0 Å². The number of halogens is 1. The Bertz CT molecular complexity index is 829.